The Morgan fingerprint density at radius 2 is 1.83 bits per heavy atom. The lowest BCUT2D eigenvalue weighted by Crippen LogP contribution is -2.43. The molecular formula is C20H21N3O5S2. The molecule has 1 amide bonds. The molecule has 1 fully saturated rings. The third kappa shape index (κ3) is 4.25. The third-order valence-corrected chi connectivity index (χ3v) is 7.23. The summed E-state index contributed by atoms with van der Waals surface area (Å²) < 4.78 is 35.2. The van der Waals surface area contributed by atoms with Crippen LogP contribution in [0.5, 0.6) is 0 Å². The molecular weight excluding hydrogens is 426 g/mol. The largest absolute Gasteiger partial charge is 0.378 e. The lowest BCUT2D eigenvalue weighted by atomic mass is 10.2. The lowest BCUT2D eigenvalue weighted by molar-refractivity contribution is -0.135. The van der Waals surface area contributed by atoms with Crippen molar-refractivity contribution in [3.63, 3.8) is 0 Å². The van der Waals surface area contributed by atoms with Crippen molar-refractivity contribution in [2.24, 2.45) is 0 Å². The maximum atomic E-state index is 12.7. The SMILES string of the molecule is Cc1ccc(NS(=O)(=O)c2ccc3c(c2)sc(=O)n3CC(=O)N2CCOCC2)cc1. The van der Waals surface area contributed by atoms with Crippen molar-refractivity contribution in [3.8, 4) is 0 Å². The molecule has 2 aromatic carbocycles. The number of nitrogens with one attached hydrogen (secondary N) is 1. The Bertz CT molecular complexity index is 1240. The zero-order chi connectivity index (χ0) is 21.3. The van der Waals surface area contributed by atoms with Crippen molar-refractivity contribution in [1.82, 2.24) is 9.47 Å². The van der Waals surface area contributed by atoms with Gasteiger partial charge in [0.2, 0.25) is 5.91 Å². The number of fused-ring (bicyclic) bond motifs is 1. The van der Waals surface area contributed by atoms with E-state index >= 15 is 0 Å². The summed E-state index contributed by atoms with van der Waals surface area (Å²) in [6.45, 7) is 3.82. The van der Waals surface area contributed by atoms with Crippen LogP contribution in [0.4, 0.5) is 5.69 Å². The first-order chi connectivity index (χ1) is 14.3. The number of carbonyl (C=O) groups excluding carboxylic acids is 1. The van der Waals surface area contributed by atoms with Gasteiger partial charge in [-0.1, -0.05) is 29.0 Å². The highest BCUT2D eigenvalue weighted by Crippen LogP contribution is 2.24. The van der Waals surface area contributed by atoms with Gasteiger partial charge < -0.3 is 9.64 Å². The van der Waals surface area contributed by atoms with Gasteiger partial charge in [0.1, 0.15) is 6.54 Å². The molecule has 8 nitrogen and oxygen atoms in total. The third-order valence-electron chi connectivity index (χ3n) is 4.91. The van der Waals surface area contributed by atoms with Crippen LogP contribution in [0, 0.1) is 6.92 Å². The summed E-state index contributed by atoms with van der Waals surface area (Å²) in [5, 5.41) is 0. The average Bonchev–Trinajstić information content (AvgIpc) is 3.04. The predicted octanol–water partition coefficient (Wildman–Crippen LogP) is 2.03. The van der Waals surface area contributed by atoms with E-state index in [4.69, 9.17) is 4.74 Å². The lowest BCUT2D eigenvalue weighted by Gasteiger charge is -2.26. The van der Waals surface area contributed by atoms with E-state index in [2.05, 4.69) is 4.72 Å². The molecule has 0 radical (unpaired) electrons. The molecule has 158 valence electrons. The molecule has 2 heterocycles. The second kappa shape index (κ2) is 8.21. The van der Waals surface area contributed by atoms with Crippen molar-refractivity contribution in [3.05, 3.63) is 57.7 Å². The number of morpholine rings is 1. The van der Waals surface area contributed by atoms with Crippen LogP contribution in [0.15, 0.2) is 52.2 Å². The number of thiazole rings is 1. The Balaban J connectivity index is 1.60. The fraction of sp³-hybridized carbons (Fsp3) is 0.300. The number of hydrogen-bond acceptors (Lipinski definition) is 6. The Kier molecular flexibility index (Phi) is 5.63. The van der Waals surface area contributed by atoms with Gasteiger partial charge in [0.15, 0.2) is 0 Å². The maximum Gasteiger partial charge on any atom is 0.308 e. The number of nitrogens with zero attached hydrogens (tertiary/aromatic N) is 2. The molecule has 0 unspecified atom stereocenters. The highest BCUT2D eigenvalue weighted by atomic mass is 32.2. The van der Waals surface area contributed by atoms with Gasteiger partial charge in [0.05, 0.1) is 28.3 Å². The van der Waals surface area contributed by atoms with Crippen LogP contribution < -0.4 is 9.60 Å². The molecule has 30 heavy (non-hydrogen) atoms. The van der Waals surface area contributed by atoms with Gasteiger partial charge in [0.25, 0.3) is 10.0 Å². The maximum absolute atomic E-state index is 12.7. The average molecular weight is 448 g/mol. The molecule has 0 bridgehead atoms. The van der Waals surface area contributed by atoms with E-state index in [1.165, 1.54) is 16.7 Å². The van der Waals surface area contributed by atoms with E-state index in [-0.39, 0.29) is 22.2 Å². The van der Waals surface area contributed by atoms with Crippen molar-refractivity contribution in [2.75, 3.05) is 31.0 Å². The first-order valence-electron chi connectivity index (χ1n) is 9.42. The molecule has 1 aromatic heterocycles. The Hall–Kier alpha value is -2.69. The summed E-state index contributed by atoms with van der Waals surface area (Å²) in [4.78, 5) is 26.4. The van der Waals surface area contributed by atoms with Crippen LogP contribution in [0.25, 0.3) is 10.2 Å². The van der Waals surface area contributed by atoms with E-state index in [1.54, 1.807) is 23.1 Å². The molecule has 1 saturated heterocycles. The molecule has 3 aromatic rings. The van der Waals surface area contributed by atoms with Crippen LogP contribution in [-0.2, 0) is 26.1 Å². The fourth-order valence-electron chi connectivity index (χ4n) is 3.25. The molecule has 0 saturated carbocycles. The molecule has 1 aliphatic rings. The minimum absolute atomic E-state index is 0.0588. The monoisotopic (exact) mass is 447 g/mol. The standard InChI is InChI=1S/C20H21N3O5S2/c1-14-2-4-15(5-3-14)21-30(26,27)16-6-7-17-18(12-16)29-20(25)23(17)13-19(24)22-8-10-28-11-9-22/h2-7,12,21H,8-11,13H2,1H3. The smallest absolute Gasteiger partial charge is 0.308 e. The van der Waals surface area contributed by atoms with Gasteiger partial charge in [0, 0.05) is 18.8 Å². The number of amides is 1. The van der Waals surface area contributed by atoms with Gasteiger partial charge in [-0.05, 0) is 37.3 Å². The Labute approximate surface area is 177 Å². The molecule has 4 rings (SSSR count). The van der Waals surface area contributed by atoms with Gasteiger partial charge in [-0.15, -0.1) is 0 Å². The number of hydrogen-bond donors (Lipinski definition) is 1. The number of sulfonamides is 1. The first kappa shape index (κ1) is 20.6. The number of aryl methyl sites for hydroxylation is 1. The number of benzene rings is 2. The number of ether oxygens (including phenoxy) is 1. The molecule has 1 N–H and O–H groups in total. The van der Waals surface area contributed by atoms with E-state index in [0.29, 0.717) is 42.2 Å². The van der Waals surface area contributed by atoms with Gasteiger partial charge in [-0.2, -0.15) is 0 Å². The first-order valence-corrected chi connectivity index (χ1v) is 11.7. The number of carbonyl (C=O) groups is 1. The van der Waals surface area contributed by atoms with E-state index < -0.39 is 10.0 Å². The summed E-state index contributed by atoms with van der Waals surface area (Å²) in [5.74, 6) is -0.155. The second-order valence-corrected chi connectivity index (χ2v) is 9.72. The predicted molar refractivity (Wildman–Crippen MR) is 115 cm³/mol. The summed E-state index contributed by atoms with van der Waals surface area (Å²) in [6, 6.07) is 11.5. The summed E-state index contributed by atoms with van der Waals surface area (Å²) in [7, 11) is -3.81. The molecule has 0 spiro atoms. The van der Waals surface area contributed by atoms with E-state index in [0.717, 1.165) is 16.9 Å². The highest BCUT2D eigenvalue weighted by molar-refractivity contribution is 7.92. The Morgan fingerprint density at radius 1 is 1.13 bits per heavy atom. The quantitative estimate of drug-likeness (QED) is 0.645. The summed E-state index contributed by atoms with van der Waals surface area (Å²) in [5.41, 5.74) is 2.03. The zero-order valence-electron chi connectivity index (χ0n) is 16.3. The topological polar surface area (TPSA) is 97.7 Å². The highest BCUT2D eigenvalue weighted by Gasteiger charge is 2.21. The minimum Gasteiger partial charge on any atom is -0.378 e. The molecule has 10 heteroatoms. The number of aromatic nitrogens is 1. The van der Waals surface area contributed by atoms with Crippen molar-refractivity contribution < 1.29 is 17.9 Å². The number of rotatable bonds is 5. The van der Waals surface area contributed by atoms with Crippen LogP contribution in [0.1, 0.15) is 5.56 Å². The van der Waals surface area contributed by atoms with Gasteiger partial charge in [-0.3, -0.25) is 18.9 Å². The van der Waals surface area contributed by atoms with Crippen LogP contribution >= 0.6 is 11.3 Å². The van der Waals surface area contributed by atoms with E-state index in [9.17, 15) is 18.0 Å². The molecule has 1 aliphatic heterocycles. The van der Waals surface area contributed by atoms with Crippen molar-refractivity contribution in [2.45, 2.75) is 18.4 Å². The minimum atomic E-state index is -3.81. The van der Waals surface area contributed by atoms with Crippen LogP contribution in [-0.4, -0.2) is 50.1 Å². The summed E-state index contributed by atoms with van der Waals surface area (Å²) in [6.07, 6.45) is 0. The van der Waals surface area contributed by atoms with Gasteiger partial charge in [-0.25, -0.2) is 8.42 Å². The van der Waals surface area contributed by atoms with E-state index in [1.807, 2.05) is 19.1 Å². The van der Waals surface area contributed by atoms with Crippen molar-refractivity contribution in [1.29, 1.82) is 0 Å². The van der Waals surface area contributed by atoms with Crippen molar-refractivity contribution >= 4 is 43.2 Å². The fourth-order valence-corrected chi connectivity index (χ4v) is 5.34. The second-order valence-electron chi connectivity index (χ2n) is 7.05. The summed E-state index contributed by atoms with van der Waals surface area (Å²) >= 11 is 0.926. The normalized spacial score (nSPS) is 14.8. The number of anilines is 1. The van der Waals surface area contributed by atoms with Crippen LogP contribution in [0.3, 0.4) is 0 Å². The van der Waals surface area contributed by atoms with Crippen LogP contribution in [0.2, 0.25) is 0 Å². The Morgan fingerprint density at radius 3 is 2.53 bits per heavy atom. The van der Waals surface area contributed by atoms with Gasteiger partial charge >= 0.3 is 4.87 Å². The molecule has 0 atom stereocenters. The zero-order valence-corrected chi connectivity index (χ0v) is 18.0. The molecule has 0 aliphatic carbocycles.